The first kappa shape index (κ1) is 17.8. The van der Waals surface area contributed by atoms with E-state index in [1.807, 2.05) is 0 Å². The molecule has 0 bridgehead atoms. The zero-order valence-corrected chi connectivity index (χ0v) is 14.6. The van der Waals surface area contributed by atoms with Gasteiger partial charge in [-0.1, -0.05) is 0 Å². The Morgan fingerprint density at radius 2 is 1.00 bits per heavy atom. The van der Waals surface area contributed by atoms with E-state index in [1.165, 1.54) is 0 Å². The van der Waals surface area contributed by atoms with Crippen LogP contribution < -0.4 is 69.3 Å². The molecule has 4 nitrogen and oxygen atoms in total. The maximum absolute atomic E-state index is 10.8. The summed E-state index contributed by atoms with van der Waals surface area (Å²) in [7, 11) is 0. The van der Waals surface area contributed by atoms with Crippen molar-refractivity contribution in [2.45, 2.75) is 0 Å². The Hall–Kier alpha value is 1.38. The molecule has 0 aliphatic heterocycles. The van der Waals surface area contributed by atoms with E-state index in [-0.39, 0.29) is 59.1 Å². The standard InChI is InChI=1S/C6H2Br2O4.2Na/c7-1-3(9)5(11)2(8)6(12)4(1)10;;/h9,12H;;/q;2*+1/p-2. The molecule has 0 saturated heterocycles. The van der Waals surface area contributed by atoms with Crippen LogP contribution in [0.4, 0.5) is 0 Å². The predicted molar refractivity (Wildman–Crippen MR) is 41.9 cm³/mol. The van der Waals surface area contributed by atoms with E-state index in [0.29, 0.717) is 0 Å². The number of hydrogen-bond acceptors (Lipinski definition) is 4. The van der Waals surface area contributed by atoms with Gasteiger partial charge in [0.2, 0.25) is 0 Å². The Kier molecular flexibility index (Phi) is 8.70. The maximum Gasteiger partial charge on any atom is 1.00 e. The van der Waals surface area contributed by atoms with Crippen LogP contribution in [0.2, 0.25) is 0 Å². The molecule has 0 radical (unpaired) electrons. The van der Waals surface area contributed by atoms with Crippen molar-refractivity contribution < 1.29 is 78.9 Å². The molecule has 0 fully saturated rings. The molecule has 0 heterocycles. The van der Waals surface area contributed by atoms with Gasteiger partial charge >= 0.3 is 59.1 Å². The van der Waals surface area contributed by atoms with E-state index in [0.717, 1.165) is 0 Å². The number of halogens is 2. The van der Waals surface area contributed by atoms with Crippen LogP contribution in [-0.4, -0.2) is 11.6 Å². The van der Waals surface area contributed by atoms with Crippen LogP contribution in [0.5, 0.6) is 0 Å². The largest absolute Gasteiger partial charge is 1.00 e. The normalized spacial score (nSPS) is 16.4. The van der Waals surface area contributed by atoms with Crippen LogP contribution in [0, 0.1) is 0 Å². The number of carbonyl (C=O) groups excluding carboxylic acids is 2. The molecule has 0 aromatic heterocycles. The van der Waals surface area contributed by atoms with Crippen molar-refractivity contribution in [1.82, 2.24) is 0 Å². The fraction of sp³-hybridized carbons (Fsp3) is 0. The molecule has 0 saturated carbocycles. The van der Waals surface area contributed by atoms with Gasteiger partial charge in [0.1, 0.15) is 0 Å². The van der Waals surface area contributed by atoms with Gasteiger partial charge in [-0.25, -0.2) is 0 Å². The Morgan fingerprint density at radius 3 is 1.21 bits per heavy atom. The molecule has 0 spiro atoms. The van der Waals surface area contributed by atoms with Crippen LogP contribution in [0.25, 0.3) is 0 Å². The number of Topliss-reactive ketones (excluding diaryl/α,β-unsaturated/α-hetero) is 2. The van der Waals surface area contributed by atoms with Gasteiger partial charge in [-0.3, -0.25) is 9.59 Å². The summed E-state index contributed by atoms with van der Waals surface area (Å²) in [4.78, 5) is 21.7. The van der Waals surface area contributed by atoms with Crippen LogP contribution >= 0.6 is 31.9 Å². The van der Waals surface area contributed by atoms with Crippen molar-refractivity contribution in [2.24, 2.45) is 0 Å². The first-order valence-electron chi connectivity index (χ1n) is 2.69. The Labute approximate surface area is 141 Å². The second kappa shape index (κ2) is 6.85. The third-order valence-corrected chi connectivity index (χ3v) is 2.65. The molecule has 0 aromatic carbocycles. The van der Waals surface area contributed by atoms with Crippen LogP contribution in [0.3, 0.4) is 0 Å². The predicted octanol–water partition coefficient (Wildman–Crippen LogP) is -6.92. The minimum Gasteiger partial charge on any atom is -0.869 e. The Morgan fingerprint density at radius 1 is 0.786 bits per heavy atom. The molecule has 1 rings (SSSR count). The van der Waals surface area contributed by atoms with Gasteiger partial charge < -0.3 is 10.2 Å². The second-order valence-corrected chi connectivity index (χ2v) is 3.53. The summed E-state index contributed by atoms with van der Waals surface area (Å²) in [6, 6.07) is 0. The van der Waals surface area contributed by atoms with Crippen LogP contribution in [0.15, 0.2) is 20.5 Å². The van der Waals surface area contributed by atoms with Gasteiger partial charge in [0, 0.05) is 0 Å². The van der Waals surface area contributed by atoms with Gasteiger partial charge in [0.15, 0.2) is 11.6 Å². The van der Waals surface area contributed by atoms with Crippen molar-refractivity contribution in [2.75, 3.05) is 0 Å². The topological polar surface area (TPSA) is 80.3 Å². The zero-order chi connectivity index (χ0) is 9.46. The van der Waals surface area contributed by atoms with Crippen molar-refractivity contribution in [3.8, 4) is 0 Å². The number of ketones is 2. The van der Waals surface area contributed by atoms with E-state index < -0.39 is 32.0 Å². The zero-order valence-electron chi connectivity index (χ0n) is 7.39. The molecule has 0 amide bonds. The van der Waals surface area contributed by atoms with E-state index in [9.17, 15) is 19.8 Å². The summed E-state index contributed by atoms with van der Waals surface area (Å²) in [5.74, 6) is -3.98. The first-order chi connectivity index (χ1) is 5.46. The smallest absolute Gasteiger partial charge is 0.869 e. The molecule has 0 N–H and O–H groups in total. The van der Waals surface area contributed by atoms with Crippen LogP contribution in [-0.2, 0) is 9.59 Å². The quantitative estimate of drug-likeness (QED) is 0.324. The van der Waals surface area contributed by atoms with Gasteiger partial charge in [0.25, 0.3) is 0 Å². The Bertz CT molecular complexity index is 286. The van der Waals surface area contributed by atoms with Gasteiger partial charge in [-0.2, -0.15) is 0 Å². The van der Waals surface area contributed by atoms with Crippen LogP contribution in [0.1, 0.15) is 0 Å². The molecule has 64 valence electrons. The molecular formula is C6Br2Na2O4. The first-order valence-corrected chi connectivity index (χ1v) is 4.28. The maximum atomic E-state index is 10.8. The molecule has 0 unspecified atom stereocenters. The Balaban J connectivity index is 0. The fourth-order valence-electron chi connectivity index (χ4n) is 0.605. The van der Waals surface area contributed by atoms with Gasteiger partial charge in [0.05, 0.1) is 8.96 Å². The van der Waals surface area contributed by atoms with E-state index in [4.69, 9.17) is 0 Å². The SMILES string of the molecule is O=C1C([O-])=C(Br)C(=O)C([O-])=C1Br.[Na+].[Na+]. The van der Waals surface area contributed by atoms with Crippen molar-refractivity contribution in [3.05, 3.63) is 20.5 Å². The van der Waals surface area contributed by atoms with E-state index in [2.05, 4.69) is 31.9 Å². The average molecular weight is 342 g/mol. The number of rotatable bonds is 0. The monoisotopic (exact) mass is 340 g/mol. The number of allylic oxidation sites excluding steroid dienone is 2. The number of carbonyl (C=O) groups is 2. The van der Waals surface area contributed by atoms with Crippen molar-refractivity contribution in [1.29, 1.82) is 0 Å². The summed E-state index contributed by atoms with van der Waals surface area (Å²) < 4.78 is -0.999. The minimum atomic E-state index is -0.994. The fourth-order valence-corrected chi connectivity index (χ4v) is 1.33. The summed E-state index contributed by atoms with van der Waals surface area (Å²) in [5.41, 5.74) is 0. The molecule has 1 aliphatic carbocycles. The third kappa shape index (κ3) is 3.18. The molecule has 0 atom stereocenters. The summed E-state index contributed by atoms with van der Waals surface area (Å²) in [5, 5.41) is 21.7. The molecular weight excluding hydrogens is 342 g/mol. The third-order valence-electron chi connectivity index (χ3n) is 1.21. The van der Waals surface area contributed by atoms with Gasteiger partial charge in [-0.05, 0) is 43.4 Å². The number of hydrogen-bond donors (Lipinski definition) is 0. The minimum absolute atomic E-state index is 0. The molecule has 8 heteroatoms. The second-order valence-electron chi connectivity index (χ2n) is 1.94. The molecule has 0 aromatic rings. The van der Waals surface area contributed by atoms with E-state index in [1.54, 1.807) is 0 Å². The molecule has 14 heavy (non-hydrogen) atoms. The molecule has 1 aliphatic rings. The van der Waals surface area contributed by atoms with E-state index >= 15 is 0 Å². The summed E-state index contributed by atoms with van der Waals surface area (Å²) >= 11 is 5.14. The van der Waals surface area contributed by atoms with Crippen molar-refractivity contribution >= 4 is 43.4 Å². The summed E-state index contributed by atoms with van der Waals surface area (Å²) in [6.07, 6.45) is 0. The van der Waals surface area contributed by atoms with Gasteiger partial charge in [-0.15, -0.1) is 0 Å². The summed E-state index contributed by atoms with van der Waals surface area (Å²) in [6.45, 7) is 0. The average Bonchev–Trinajstić information content (AvgIpc) is 2.08. The van der Waals surface area contributed by atoms with Crippen molar-refractivity contribution in [3.63, 3.8) is 0 Å².